The van der Waals surface area contributed by atoms with Gasteiger partial charge in [-0.2, -0.15) is 0 Å². The van der Waals surface area contributed by atoms with E-state index in [9.17, 15) is 0 Å². The molecule has 0 bridgehead atoms. The largest absolute Gasteiger partial charge is 0.334 e. The highest BCUT2D eigenvalue weighted by atomic mass is 15.1. The summed E-state index contributed by atoms with van der Waals surface area (Å²) in [7, 11) is 0. The van der Waals surface area contributed by atoms with Crippen LogP contribution in [0.4, 0.5) is 0 Å². The average molecular weight is 285 g/mol. The zero-order valence-electron chi connectivity index (χ0n) is 13.3. The highest BCUT2D eigenvalue weighted by molar-refractivity contribution is 5.62. The van der Waals surface area contributed by atoms with Gasteiger partial charge in [0.1, 0.15) is 0 Å². The lowest BCUT2D eigenvalue weighted by atomic mass is 9.99. The predicted molar refractivity (Wildman–Crippen MR) is 89.3 cm³/mol. The maximum Gasteiger partial charge on any atom is 0.0956 e. The molecule has 1 atom stereocenters. The van der Waals surface area contributed by atoms with Gasteiger partial charge in [-0.15, -0.1) is 0 Å². The van der Waals surface area contributed by atoms with E-state index in [0.717, 1.165) is 31.6 Å². The lowest BCUT2D eigenvalue weighted by Gasteiger charge is -2.15. The molecule has 1 aromatic heterocycles. The molecule has 0 amide bonds. The first kappa shape index (κ1) is 15.8. The maximum atomic E-state index is 5.57. The van der Waals surface area contributed by atoms with Crippen molar-refractivity contribution in [3.63, 3.8) is 0 Å². The number of aryl methyl sites for hydroxylation is 1. The van der Waals surface area contributed by atoms with E-state index in [1.165, 1.54) is 24.1 Å². The van der Waals surface area contributed by atoms with Crippen LogP contribution in [0, 0.1) is 0 Å². The minimum atomic E-state index is 0.525. The monoisotopic (exact) mass is 285 g/mol. The van der Waals surface area contributed by atoms with Gasteiger partial charge in [0, 0.05) is 17.8 Å². The topological polar surface area (TPSA) is 43.8 Å². The molecule has 114 valence electrons. The summed E-state index contributed by atoms with van der Waals surface area (Å²) in [4.78, 5) is 4.69. The lowest BCUT2D eigenvalue weighted by molar-refractivity contribution is 0.553. The summed E-state index contributed by atoms with van der Waals surface area (Å²) in [6.45, 7) is 6.36. The van der Waals surface area contributed by atoms with Gasteiger partial charge in [0.2, 0.25) is 0 Å². The van der Waals surface area contributed by atoms with Gasteiger partial charge in [-0.25, -0.2) is 4.98 Å². The Hall–Kier alpha value is -1.61. The van der Waals surface area contributed by atoms with Crippen molar-refractivity contribution in [1.29, 1.82) is 0 Å². The molecular weight excluding hydrogens is 258 g/mol. The second kappa shape index (κ2) is 7.99. The van der Waals surface area contributed by atoms with Crippen LogP contribution in [0.15, 0.2) is 36.7 Å². The molecule has 0 fully saturated rings. The lowest BCUT2D eigenvalue weighted by Crippen LogP contribution is -2.07. The summed E-state index contributed by atoms with van der Waals surface area (Å²) in [5.74, 6) is 0.525. The van der Waals surface area contributed by atoms with Crippen molar-refractivity contribution in [2.24, 2.45) is 5.73 Å². The summed E-state index contributed by atoms with van der Waals surface area (Å²) in [5.41, 5.74) is 9.30. The van der Waals surface area contributed by atoms with E-state index >= 15 is 0 Å². The molecule has 0 unspecified atom stereocenters. The predicted octanol–water partition coefficient (Wildman–Crippen LogP) is 4.19. The molecule has 0 spiro atoms. The van der Waals surface area contributed by atoms with Crippen molar-refractivity contribution in [2.75, 3.05) is 6.54 Å². The molecule has 1 aromatic carbocycles. The smallest absolute Gasteiger partial charge is 0.0956 e. The summed E-state index contributed by atoms with van der Waals surface area (Å²) in [6, 6.07) is 10.5. The first-order valence-corrected chi connectivity index (χ1v) is 8.08. The number of aromatic nitrogens is 2. The number of benzene rings is 1. The first-order chi connectivity index (χ1) is 10.3. The van der Waals surface area contributed by atoms with E-state index in [1.54, 1.807) is 0 Å². The second-order valence-corrected chi connectivity index (χ2v) is 5.70. The van der Waals surface area contributed by atoms with Gasteiger partial charge in [0.25, 0.3) is 0 Å². The Morgan fingerprint density at radius 1 is 1.14 bits per heavy atom. The van der Waals surface area contributed by atoms with Gasteiger partial charge in [-0.05, 0) is 31.7 Å². The van der Waals surface area contributed by atoms with E-state index in [-0.39, 0.29) is 0 Å². The van der Waals surface area contributed by atoms with Crippen molar-refractivity contribution >= 4 is 0 Å². The molecule has 0 saturated carbocycles. The third kappa shape index (κ3) is 3.94. The molecule has 0 aliphatic heterocycles. The summed E-state index contributed by atoms with van der Waals surface area (Å²) in [5, 5.41) is 0. The van der Waals surface area contributed by atoms with Crippen molar-refractivity contribution < 1.29 is 0 Å². The second-order valence-electron chi connectivity index (χ2n) is 5.70. The van der Waals surface area contributed by atoms with E-state index in [2.05, 4.69) is 48.7 Å². The zero-order valence-corrected chi connectivity index (χ0v) is 13.3. The molecule has 0 saturated heterocycles. The molecule has 21 heavy (non-hydrogen) atoms. The van der Waals surface area contributed by atoms with E-state index in [1.807, 2.05) is 6.33 Å². The van der Waals surface area contributed by atoms with Crippen LogP contribution in [0.25, 0.3) is 11.3 Å². The molecule has 2 rings (SSSR count). The molecule has 3 nitrogen and oxygen atoms in total. The van der Waals surface area contributed by atoms with Crippen LogP contribution in [0.3, 0.4) is 0 Å². The maximum absolute atomic E-state index is 5.57. The Balaban J connectivity index is 2.23. The Labute approximate surface area is 128 Å². The molecule has 3 heteroatoms. The van der Waals surface area contributed by atoms with Crippen LogP contribution >= 0.6 is 0 Å². The Morgan fingerprint density at radius 2 is 1.90 bits per heavy atom. The van der Waals surface area contributed by atoms with Crippen LogP contribution in [-0.2, 0) is 6.54 Å². The Kier molecular flexibility index (Phi) is 6.00. The Bertz CT molecular complexity index is 531. The standard InChI is InChI=1S/C18H27N3/c1-3-15(2)18-17(16-10-6-4-7-11-16)20-14-21(18)13-9-5-8-12-19/h4,6-7,10-11,14-15H,3,5,8-9,12-13,19H2,1-2H3/t15-/m1/s1. The van der Waals surface area contributed by atoms with Gasteiger partial charge < -0.3 is 10.3 Å². The number of imidazole rings is 1. The third-order valence-corrected chi connectivity index (χ3v) is 4.11. The summed E-state index contributed by atoms with van der Waals surface area (Å²) in [6.07, 6.45) is 6.61. The number of unbranched alkanes of at least 4 members (excludes halogenated alkanes) is 2. The number of hydrogen-bond donors (Lipinski definition) is 1. The highest BCUT2D eigenvalue weighted by Gasteiger charge is 2.17. The number of rotatable bonds is 8. The number of nitrogens with zero attached hydrogens (tertiary/aromatic N) is 2. The number of nitrogens with two attached hydrogens (primary N) is 1. The highest BCUT2D eigenvalue weighted by Crippen LogP contribution is 2.30. The van der Waals surface area contributed by atoms with Crippen molar-refractivity contribution in [1.82, 2.24) is 9.55 Å². The minimum Gasteiger partial charge on any atom is -0.334 e. The van der Waals surface area contributed by atoms with Crippen LogP contribution in [-0.4, -0.2) is 16.1 Å². The fraction of sp³-hybridized carbons (Fsp3) is 0.500. The van der Waals surface area contributed by atoms with Crippen molar-refractivity contribution in [3.8, 4) is 11.3 Å². The molecule has 0 radical (unpaired) electrons. The normalized spacial score (nSPS) is 12.5. The van der Waals surface area contributed by atoms with E-state index in [4.69, 9.17) is 10.7 Å². The van der Waals surface area contributed by atoms with Crippen LogP contribution in [0.5, 0.6) is 0 Å². The summed E-state index contributed by atoms with van der Waals surface area (Å²) < 4.78 is 2.34. The SMILES string of the molecule is CC[C@@H](C)c1c(-c2ccccc2)ncn1CCCCCN. The van der Waals surface area contributed by atoms with Crippen LogP contribution in [0.1, 0.15) is 51.1 Å². The van der Waals surface area contributed by atoms with E-state index in [0.29, 0.717) is 5.92 Å². The molecular formula is C18H27N3. The van der Waals surface area contributed by atoms with Crippen molar-refractivity contribution in [2.45, 2.75) is 52.0 Å². The van der Waals surface area contributed by atoms with Gasteiger partial charge in [-0.1, -0.05) is 50.6 Å². The van der Waals surface area contributed by atoms with Crippen molar-refractivity contribution in [3.05, 3.63) is 42.4 Å². The Morgan fingerprint density at radius 3 is 2.57 bits per heavy atom. The third-order valence-electron chi connectivity index (χ3n) is 4.11. The fourth-order valence-corrected chi connectivity index (χ4v) is 2.70. The first-order valence-electron chi connectivity index (χ1n) is 8.08. The summed E-state index contributed by atoms with van der Waals surface area (Å²) >= 11 is 0. The average Bonchev–Trinajstić information content (AvgIpc) is 2.95. The van der Waals surface area contributed by atoms with Gasteiger partial charge in [0.05, 0.1) is 12.0 Å². The fourth-order valence-electron chi connectivity index (χ4n) is 2.70. The van der Waals surface area contributed by atoms with Gasteiger partial charge in [-0.3, -0.25) is 0 Å². The van der Waals surface area contributed by atoms with E-state index < -0.39 is 0 Å². The molecule has 0 aliphatic rings. The van der Waals surface area contributed by atoms with Gasteiger partial charge >= 0.3 is 0 Å². The molecule has 0 aliphatic carbocycles. The number of hydrogen-bond acceptors (Lipinski definition) is 2. The zero-order chi connectivity index (χ0) is 15.1. The quantitative estimate of drug-likeness (QED) is 0.739. The molecule has 2 N–H and O–H groups in total. The molecule has 2 aromatic rings. The van der Waals surface area contributed by atoms with Gasteiger partial charge in [0.15, 0.2) is 0 Å². The van der Waals surface area contributed by atoms with Crippen LogP contribution < -0.4 is 5.73 Å². The molecule has 1 heterocycles. The minimum absolute atomic E-state index is 0.525. The van der Waals surface area contributed by atoms with Crippen LogP contribution in [0.2, 0.25) is 0 Å².